The molecular weight excluding hydrogens is 332 g/mol. The van der Waals surface area contributed by atoms with E-state index in [0.717, 1.165) is 11.3 Å². The lowest BCUT2D eigenvalue weighted by Gasteiger charge is -2.25. The van der Waals surface area contributed by atoms with Crippen molar-refractivity contribution in [1.82, 2.24) is 4.90 Å². The van der Waals surface area contributed by atoms with Gasteiger partial charge in [0.1, 0.15) is 17.5 Å². The second kappa shape index (κ2) is 7.91. The number of nitrogens with one attached hydrogen (secondary N) is 1. The van der Waals surface area contributed by atoms with Gasteiger partial charge in [0.25, 0.3) is 0 Å². The lowest BCUT2D eigenvalue weighted by molar-refractivity contribution is -0.133. The molecule has 0 saturated carbocycles. The number of ether oxygens (including phenoxy) is 2. The Kier molecular flexibility index (Phi) is 5.41. The maximum Gasteiger partial charge on any atom is 0.247 e. The summed E-state index contributed by atoms with van der Waals surface area (Å²) in [5.74, 6) is 1.11. The summed E-state index contributed by atoms with van der Waals surface area (Å²) >= 11 is 0. The number of benzene rings is 2. The van der Waals surface area contributed by atoms with Crippen molar-refractivity contribution < 1.29 is 19.1 Å². The Morgan fingerprint density at radius 3 is 2.62 bits per heavy atom. The Balaban J connectivity index is 1.77. The number of methoxy groups -OCH3 is 2. The van der Waals surface area contributed by atoms with Gasteiger partial charge in [-0.25, -0.2) is 0 Å². The van der Waals surface area contributed by atoms with Gasteiger partial charge in [-0.05, 0) is 30.7 Å². The normalized spacial score (nSPS) is 16.5. The van der Waals surface area contributed by atoms with Crippen LogP contribution in [0.1, 0.15) is 18.4 Å². The third-order valence-corrected chi connectivity index (χ3v) is 4.51. The molecule has 26 heavy (non-hydrogen) atoms. The van der Waals surface area contributed by atoms with Crippen LogP contribution in [0.15, 0.2) is 48.5 Å². The predicted octanol–water partition coefficient (Wildman–Crippen LogP) is 2.83. The molecule has 136 valence electrons. The minimum Gasteiger partial charge on any atom is -0.497 e. The summed E-state index contributed by atoms with van der Waals surface area (Å²) in [6.07, 6.45) is 0.876. The number of hydrogen-bond donors (Lipinski definition) is 1. The van der Waals surface area contributed by atoms with E-state index in [0.29, 0.717) is 30.9 Å². The molecule has 1 saturated heterocycles. The van der Waals surface area contributed by atoms with Crippen LogP contribution in [0.25, 0.3) is 0 Å². The standard InChI is InChI=1S/C20H22N2O4/c1-25-16-9-8-14(18(12-16)26-2)13-22-17(10-11-19(22)23)20(24)21-15-6-4-3-5-7-15/h3-9,12,17H,10-11,13H2,1-2H3,(H,21,24). The molecule has 1 aliphatic rings. The van der Waals surface area contributed by atoms with Gasteiger partial charge in [0, 0.05) is 23.7 Å². The molecule has 6 nitrogen and oxygen atoms in total. The van der Waals surface area contributed by atoms with Crippen molar-refractivity contribution in [3.05, 3.63) is 54.1 Å². The molecule has 1 fully saturated rings. The number of amides is 2. The van der Waals surface area contributed by atoms with Crippen LogP contribution in [-0.4, -0.2) is 37.0 Å². The molecule has 1 heterocycles. The van der Waals surface area contributed by atoms with Crippen molar-refractivity contribution >= 4 is 17.5 Å². The summed E-state index contributed by atoms with van der Waals surface area (Å²) in [6.45, 7) is 0.318. The van der Waals surface area contributed by atoms with Gasteiger partial charge in [-0.3, -0.25) is 9.59 Å². The zero-order chi connectivity index (χ0) is 18.5. The Morgan fingerprint density at radius 1 is 1.15 bits per heavy atom. The quantitative estimate of drug-likeness (QED) is 0.866. The van der Waals surface area contributed by atoms with Gasteiger partial charge < -0.3 is 19.7 Å². The fourth-order valence-electron chi connectivity index (χ4n) is 3.12. The number of para-hydroxylation sites is 1. The Hall–Kier alpha value is -3.02. The second-order valence-electron chi connectivity index (χ2n) is 6.11. The van der Waals surface area contributed by atoms with Gasteiger partial charge in [-0.2, -0.15) is 0 Å². The van der Waals surface area contributed by atoms with E-state index in [1.165, 1.54) is 0 Å². The highest BCUT2D eigenvalue weighted by molar-refractivity contribution is 5.99. The van der Waals surface area contributed by atoms with Gasteiger partial charge in [-0.15, -0.1) is 0 Å². The van der Waals surface area contributed by atoms with E-state index in [4.69, 9.17) is 9.47 Å². The highest BCUT2D eigenvalue weighted by Gasteiger charge is 2.36. The van der Waals surface area contributed by atoms with Gasteiger partial charge in [-0.1, -0.05) is 18.2 Å². The summed E-state index contributed by atoms with van der Waals surface area (Å²) in [7, 11) is 3.16. The van der Waals surface area contributed by atoms with E-state index in [1.807, 2.05) is 42.5 Å². The number of anilines is 1. The average molecular weight is 354 g/mol. The molecular formula is C20H22N2O4. The van der Waals surface area contributed by atoms with Crippen molar-refractivity contribution in [3.63, 3.8) is 0 Å². The molecule has 1 atom stereocenters. The topological polar surface area (TPSA) is 67.9 Å². The molecule has 1 N–H and O–H groups in total. The van der Waals surface area contributed by atoms with E-state index in [9.17, 15) is 9.59 Å². The van der Waals surface area contributed by atoms with Crippen LogP contribution >= 0.6 is 0 Å². The molecule has 0 aromatic heterocycles. The SMILES string of the molecule is COc1ccc(CN2C(=O)CCC2C(=O)Nc2ccccc2)c(OC)c1. The van der Waals surface area contributed by atoms with Gasteiger partial charge in [0.2, 0.25) is 11.8 Å². The van der Waals surface area contributed by atoms with E-state index >= 15 is 0 Å². The van der Waals surface area contributed by atoms with Crippen LogP contribution in [0, 0.1) is 0 Å². The Morgan fingerprint density at radius 2 is 1.92 bits per heavy atom. The third kappa shape index (κ3) is 3.79. The van der Waals surface area contributed by atoms with E-state index in [1.54, 1.807) is 25.2 Å². The molecule has 0 bridgehead atoms. The fourth-order valence-corrected chi connectivity index (χ4v) is 3.12. The number of nitrogens with zero attached hydrogens (tertiary/aromatic N) is 1. The molecule has 0 spiro atoms. The molecule has 1 aliphatic heterocycles. The summed E-state index contributed by atoms with van der Waals surface area (Å²) in [6, 6.07) is 14.2. The highest BCUT2D eigenvalue weighted by Crippen LogP contribution is 2.29. The molecule has 2 amide bonds. The number of hydrogen-bond acceptors (Lipinski definition) is 4. The molecule has 1 unspecified atom stereocenters. The maximum atomic E-state index is 12.7. The van der Waals surface area contributed by atoms with E-state index in [2.05, 4.69) is 5.32 Å². The zero-order valence-electron chi connectivity index (χ0n) is 14.9. The van der Waals surface area contributed by atoms with Crippen LogP contribution in [0.5, 0.6) is 11.5 Å². The summed E-state index contributed by atoms with van der Waals surface area (Å²) in [4.78, 5) is 26.6. The predicted molar refractivity (Wildman–Crippen MR) is 98.2 cm³/mol. The second-order valence-corrected chi connectivity index (χ2v) is 6.11. The molecule has 6 heteroatoms. The van der Waals surface area contributed by atoms with Crippen molar-refractivity contribution in [2.24, 2.45) is 0 Å². The third-order valence-electron chi connectivity index (χ3n) is 4.51. The van der Waals surface area contributed by atoms with Crippen LogP contribution < -0.4 is 14.8 Å². The lowest BCUT2D eigenvalue weighted by atomic mass is 10.1. The molecule has 0 aliphatic carbocycles. The number of rotatable bonds is 6. The number of likely N-dealkylation sites (tertiary alicyclic amines) is 1. The van der Waals surface area contributed by atoms with Crippen LogP contribution in [-0.2, 0) is 16.1 Å². The average Bonchev–Trinajstić information content (AvgIpc) is 3.03. The minimum atomic E-state index is -0.491. The minimum absolute atomic E-state index is 0.0314. The molecule has 2 aromatic rings. The molecule has 0 radical (unpaired) electrons. The summed E-state index contributed by atoms with van der Waals surface area (Å²) in [5, 5.41) is 2.88. The van der Waals surface area contributed by atoms with Gasteiger partial charge in [0.05, 0.1) is 20.8 Å². The van der Waals surface area contributed by atoms with Crippen molar-refractivity contribution in [2.45, 2.75) is 25.4 Å². The van der Waals surface area contributed by atoms with E-state index < -0.39 is 6.04 Å². The summed E-state index contributed by atoms with van der Waals surface area (Å²) < 4.78 is 10.6. The molecule has 2 aromatic carbocycles. The highest BCUT2D eigenvalue weighted by atomic mass is 16.5. The fraction of sp³-hybridized carbons (Fsp3) is 0.300. The van der Waals surface area contributed by atoms with Crippen molar-refractivity contribution in [1.29, 1.82) is 0 Å². The Labute approximate surface area is 152 Å². The lowest BCUT2D eigenvalue weighted by Crippen LogP contribution is -2.41. The monoisotopic (exact) mass is 354 g/mol. The van der Waals surface area contributed by atoms with Crippen LogP contribution in [0.4, 0.5) is 5.69 Å². The van der Waals surface area contributed by atoms with Crippen molar-refractivity contribution in [2.75, 3.05) is 19.5 Å². The van der Waals surface area contributed by atoms with Crippen LogP contribution in [0.3, 0.4) is 0 Å². The largest absolute Gasteiger partial charge is 0.497 e. The molecule has 3 rings (SSSR count). The van der Waals surface area contributed by atoms with Crippen LogP contribution in [0.2, 0.25) is 0 Å². The Bertz CT molecular complexity index is 792. The van der Waals surface area contributed by atoms with E-state index in [-0.39, 0.29) is 11.8 Å². The first-order valence-corrected chi connectivity index (χ1v) is 8.48. The summed E-state index contributed by atoms with van der Waals surface area (Å²) in [5.41, 5.74) is 1.56. The number of carbonyl (C=O) groups excluding carboxylic acids is 2. The van der Waals surface area contributed by atoms with Gasteiger partial charge >= 0.3 is 0 Å². The smallest absolute Gasteiger partial charge is 0.247 e. The zero-order valence-corrected chi connectivity index (χ0v) is 14.9. The maximum absolute atomic E-state index is 12.7. The first-order valence-electron chi connectivity index (χ1n) is 8.48. The van der Waals surface area contributed by atoms with Crippen molar-refractivity contribution in [3.8, 4) is 11.5 Å². The van der Waals surface area contributed by atoms with Gasteiger partial charge in [0.15, 0.2) is 0 Å². The first-order chi connectivity index (χ1) is 12.6. The number of carbonyl (C=O) groups is 2. The first kappa shape index (κ1) is 17.8.